The van der Waals surface area contributed by atoms with Gasteiger partial charge in [0.25, 0.3) is 5.91 Å². The second-order valence-electron chi connectivity index (χ2n) is 7.34. The molecule has 0 bridgehead atoms. The third-order valence-corrected chi connectivity index (χ3v) is 5.12. The number of aliphatic hydroxyl groups is 1. The molecule has 1 amide bonds. The number of nitrogens with zero attached hydrogens (tertiary/aromatic N) is 2. The minimum Gasteiger partial charge on any atom is -0.492 e. The maximum absolute atomic E-state index is 12.3. The summed E-state index contributed by atoms with van der Waals surface area (Å²) in [5, 5.41) is 8.93. The van der Waals surface area contributed by atoms with Gasteiger partial charge in [-0.3, -0.25) is 14.5 Å². The van der Waals surface area contributed by atoms with Crippen molar-refractivity contribution < 1.29 is 19.5 Å². The highest BCUT2D eigenvalue weighted by Crippen LogP contribution is 2.14. The molecule has 0 aliphatic carbocycles. The van der Waals surface area contributed by atoms with Crippen molar-refractivity contribution in [1.82, 2.24) is 15.3 Å². The van der Waals surface area contributed by atoms with Crippen LogP contribution in [0.3, 0.4) is 0 Å². The van der Waals surface area contributed by atoms with Gasteiger partial charge in [0, 0.05) is 51.4 Å². The molecule has 1 fully saturated rings. The van der Waals surface area contributed by atoms with E-state index in [4.69, 9.17) is 14.7 Å². The molecule has 1 aliphatic heterocycles. The smallest absolute Gasteiger partial charge is 0.274 e. The number of nitrogens with one attached hydrogen (secondary N) is 1. The number of carbonyl (C=O) groups excluding carboxylic acids is 1. The lowest BCUT2D eigenvalue weighted by Crippen LogP contribution is -2.47. The molecule has 0 aromatic heterocycles. The summed E-state index contributed by atoms with van der Waals surface area (Å²) >= 11 is 0. The first-order valence-corrected chi connectivity index (χ1v) is 10.5. The standard InChI is InChI=1S/C23H31N3O4/c27-16-5-10-25-11-13-26(14-12-25)15-17-29-22-9-4-8-21(18-22)23(28)24-30-19-20-6-2-1-3-7-20/h1-4,6-9,18,27H,5,10-17,19H2,(H,24,28). The fraction of sp³-hybridized carbons (Fsp3) is 0.435. The molecule has 3 rings (SSSR count). The van der Waals surface area contributed by atoms with Gasteiger partial charge in [0.1, 0.15) is 12.4 Å². The SMILES string of the molecule is O=C(NOCc1ccccc1)c1cccc(OCCN2CCN(CCCO)CC2)c1. The molecule has 2 aromatic rings. The molecule has 2 aromatic carbocycles. The fourth-order valence-electron chi connectivity index (χ4n) is 3.37. The van der Waals surface area contributed by atoms with Gasteiger partial charge >= 0.3 is 0 Å². The van der Waals surface area contributed by atoms with Gasteiger partial charge in [-0.2, -0.15) is 0 Å². The van der Waals surface area contributed by atoms with Gasteiger partial charge in [0.2, 0.25) is 0 Å². The number of hydrogen-bond donors (Lipinski definition) is 2. The van der Waals surface area contributed by atoms with Crippen LogP contribution in [0.15, 0.2) is 54.6 Å². The summed E-state index contributed by atoms with van der Waals surface area (Å²) in [7, 11) is 0. The first-order chi connectivity index (χ1) is 14.7. The van der Waals surface area contributed by atoms with E-state index in [1.165, 1.54) is 0 Å². The Labute approximate surface area is 178 Å². The Bertz CT molecular complexity index is 764. The molecule has 0 spiro atoms. The van der Waals surface area contributed by atoms with Gasteiger partial charge < -0.3 is 14.7 Å². The molecule has 1 saturated heterocycles. The second-order valence-corrected chi connectivity index (χ2v) is 7.34. The zero-order valence-electron chi connectivity index (χ0n) is 17.3. The zero-order chi connectivity index (χ0) is 21.0. The first-order valence-electron chi connectivity index (χ1n) is 10.5. The number of aliphatic hydroxyl groups excluding tert-OH is 1. The number of ether oxygens (including phenoxy) is 1. The van der Waals surface area contributed by atoms with Crippen LogP contribution in [0.1, 0.15) is 22.3 Å². The number of hydrogen-bond acceptors (Lipinski definition) is 6. The van der Waals surface area contributed by atoms with Crippen LogP contribution < -0.4 is 10.2 Å². The van der Waals surface area contributed by atoms with Crippen LogP contribution in [0.5, 0.6) is 5.75 Å². The van der Waals surface area contributed by atoms with Crippen molar-refractivity contribution >= 4 is 5.91 Å². The highest BCUT2D eigenvalue weighted by atomic mass is 16.6. The van der Waals surface area contributed by atoms with Crippen LogP contribution in [-0.4, -0.2) is 73.3 Å². The molecule has 7 heteroatoms. The summed E-state index contributed by atoms with van der Waals surface area (Å²) in [6.45, 7) is 7.03. The molecule has 1 heterocycles. The van der Waals surface area contributed by atoms with Crippen LogP contribution in [0, 0.1) is 0 Å². The monoisotopic (exact) mass is 413 g/mol. The summed E-state index contributed by atoms with van der Waals surface area (Å²) in [6.07, 6.45) is 0.838. The van der Waals surface area contributed by atoms with Crippen LogP contribution >= 0.6 is 0 Å². The van der Waals surface area contributed by atoms with Gasteiger partial charge in [-0.15, -0.1) is 0 Å². The Morgan fingerprint density at radius 2 is 1.70 bits per heavy atom. The van der Waals surface area contributed by atoms with E-state index >= 15 is 0 Å². The van der Waals surface area contributed by atoms with Gasteiger partial charge in [0.15, 0.2) is 0 Å². The van der Waals surface area contributed by atoms with E-state index in [1.807, 2.05) is 36.4 Å². The summed E-state index contributed by atoms with van der Waals surface area (Å²) in [5.41, 5.74) is 3.97. The van der Waals surface area contributed by atoms with Gasteiger partial charge in [0.05, 0.1) is 6.61 Å². The van der Waals surface area contributed by atoms with Gasteiger partial charge in [-0.05, 0) is 30.2 Å². The van der Waals surface area contributed by atoms with E-state index in [0.29, 0.717) is 24.5 Å². The average Bonchev–Trinajstić information content (AvgIpc) is 2.79. The number of carbonyl (C=O) groups is 1. The maximum Gasteiger partial charge on any atom is 0.274 e. The minimum absolute atomic E-state index is 0.254. The molecule has 0 atom stereocenters. The highest BCUT2D eigenvalue weighted by molar-refractivity contribution is 5.93. The van der Waals surface area contributed by atoms with Gasteiger partial charge in [-0.1, -0.05) is 36.4 Å². The molecule has 0 radical (unpaired) electrons. The first kappa shape index (κ1) is 22.2. The normalized spacial score (nSPS) is 15.1. The predicted octanol–water partition coefficient (Wildman–Crippen LogP) is 1.93. The molecular formula is C23H31N3O4. The Balaban J connectivity index is 1.36. The average molecular weight is 414 g/mol. The van der Waals surface area contributed by atoms with E-state index in [-0.39, 0.29) is 12.5 Å². The number of piperazine rings is 1. The van der Waals surface area contributed by atoms with Crippen molar-refractivity contribution in [2.24, 2.45) is 0 Å². The summed E-state index contributed by atoms with van der Waals surface area (Å²) < 4.78 is 5.86. The summed E-state index contributed by atoms with van der Waals surface area (Å²) in [6, 6.07) is 16.8. The van der Waals surface area contributed by atoms with Crippen LogP contribution in [0.2, 0.25) is 0 Å². The molecule has 0 saturated carbocycles. The Morgan fingerprint density at radius 1 is 0.967 bits per heavy atom. The highest BCUT2D eigenvalue weighted by Gasteiger charge is 2.16. The van der Waals surface area contributed by atoms with E-state index in [2.05, 4.69) is 15.3 Å². The Morgan fingerprint density at radius 3 is 2.43 bits per heavy atom. The van der Waals surface area contributed by atoms with Crippen molar-refractivity contribution in [2.75, 3.05) is 52.5 Å². The predicted molar refractivity (Wildman–Crippen MR) is 115 cm³/mol. The van der Waals surface area contributed by atoms with Crippen molar-refractivity contribution in [3.05, 3.63) is 65.7 Å². The van der Waals surface area contributed by atoms with Crippen molar-refractivity contribution in [3.63, 3.8) is 0 Å². The minimum atomic E-state index is -0.296. The van der Waals surface area contributed by atoms with Crippen LogP contribution in [0.4, 0.5) is 0 Å². The molecule has 2 N–H and O–H groups in total. The lowest BCUT2D eigenvalue weighted by molar-refractivity contribution is 0.0233. The zero-order valence-corrected chi connectivity index (χ0v) is 17.3. The lowest BCUT2D eigenvalue weighted by Gasteiger charge is -2.34. The van der Waals surface area contributed by atoms with Gasteiger partial charge in [-0.25, -0.2) is 5.48 Å². The largest absolute Gasteiger partial charge is 0.492 e. The van der Waals surface area contributed by atoms with Crippen molar-refractivity contribution in [2.45, 2.75) is 13.0 Å². The van der Waals surface area contributed by atoms with E-state index in [1.54, 1.807) is 18.2 Å². The van der Waals surface area contributed by atoms with Crippen LogP contribution in [-0.2, 0) is 11.4 Å². The summed E-state index contributed by atoms with van der Waals surface area (Å²) in [5.74, 6) is 0.377. The maximum atomic E-state index is 12.3. The lowest BCUT2D eigenvalue weighted by atomic mass is 10.2. The molecule has 7 nitrogen and oxygen atoms in total. The third-order valence-electron chi connectivity index (χ3n) is 5.12. The quantitative estimate of drug-likeness (QED) is 0.549. The molecule has 0 unspecified atom stereocenters. The van der Waals surface area contributed by atoms with E-state index in [0.717, 1.165) is 51.3 Å². The van der Waals surface area contributed by atoms with E-state index in [9.17, 15) is 4.79 Å². The third kappa shape index (κ3) is 7.42. The topological polar surface area (TPSA) is 74.3 Å². The van der Waals surface area contributed by atoms with Crippen molar-refractivity contribution in [3.8, 4) is 5.75 Å². The van der Waals surface area contributed by atoms with E-state index < -0.39 is 0 Å². The Kier molecular flexibility index (Phi) is 9.11. The fourth-order valence-corrected chi connectivity index (χ4v) is 3.37. The number of hydroxylamine groups is 1. The molecular weight excluding hydrogens is 382 g/mol. The molecule has 162 valence electrons. The van der Waals surface area contributed by atoms with Crippen LogP contribution in [0.25, 0.3) is 0 Å². The number of rotatable bonds is 11. The number of amides is 1. The molecule has 30 heavy (non-hydrogen) atoms. The van der Waals surface area contributed by atoms with Crippen molar-refractivity contribution in [1.29, 1.82) is 0 Å². The second kappa shape index (κ2) is 12.3. The number of benzene rings is 2. The Hall–Kier alpha value is -2.45. The summed E-state index contributed by atoms with van der Waals surface area (Å²) in [4.78, 5) is 22.4. The molecule has 1 aliphatic rings.